The quantitative estimate of drug-likeness (QED) is 0.213. The maximum absolute atomic E-state index is 15.1. The van der Waals surface area contributed by atoms with Crippen LogP contribution in [-0.4, -0.2) is 69.8 Å². The lowest BCUT2D eigenvalue weighted by molar-refractivity contribution is 0.0963. The second kappa shape index (κ2) is 11.5. The van der Waals surface area contributed by atoms with Gasteiger partial charge in [-0.2, -0.15) is 0 Å². The molecular formula is C35H31F2N5O5S. The number of nitrogens with one attached hydrogen (secondary N) is 1. The summed E-state index contributed by atoms with van der Waals surface area (Å²) >= 11 is 0. The Bertz CT molecular complexity index is 2370. The highest BCUT2D eigenvalue weighted by Gasteiger charge is 2.32. The number of ether oxygens (including phenoxy) is 1. The highest BCUT2D eigenvalue weighted by atomic mass is 32.2. The molecule has 0 radical (unpaired) electrons. The summed E-state index contributed by atoms with van der Waals surface area (Å²) in [4.78, 5) is 20.3. The van der Waals surface area contributed by atoms with Crippen LogP contribution in [0, 0.1) is 11.6 Å². The average Bonchev–Trinajstić information content (AvgIpc) is 3.63. The molecule has 0 saturated heterocycles. The average molecular weight is 672 g/mol. The number of likely N-dealkylation sites (N-methyl/N-ethyl adjacent to an activating group) is 1. The van der Waals surface area contributed by atoms with Gasteiger partial charge in [0.1, 0.15) is 34.4 Å². The van der Waals surface area contributed by atoms with Crippen molar-refractivity contribution in [3.05, 3.63) is 90.0 Å². The van der Waals surface area contributed by atoms with E-state index in [1.165, 1.54) is 44.4 Å². The van der Waals surface area contributed by atoms with Gasteiger partial charge in [-0.25, -0.2) is 22.2 Å². The zero-order valence-corrected chi connectivity index (χ0v) is 27.5. The molecule has 0 bridgehead atoms. The Kier molecular flexibility index (Phi) is 7.48. The number of amides is 1. The molecule has 3 aromatic heterocycles. The third-order valence-corrected chi connectivity index (χ3v) is 9.67. The van der Waals surface area contributed by atoms with Gasteiger partial charge in [0.15, 0.2) is 6.23 Å². The monoisotopic (exact) mass is 671 g/mol. The summed E-state index contributed by atoms with van der Waals surface area (Å²) in [6, 6.07) is 18.8. The molecule has 0 saturated carbocycles. The van der Waals surface area contributed by atoms with Gasteiger partial charge in [-0.1, -0.05) is 6.07 Å². The first kappa shape index (κ1) is 31.3. The Morgan fingerprint density at radius 1 is 1.00 bits per heavy atom. The molecule has 4 heterocycles. The molecule has 1 aliphatic rings. The Morgan fingerprint density at radius 2 is 1.75 bits per heavy atom. The van der Waals surface area contributed by atoms with Crippen molar-refractivity contribution < 1.29 is 31.1 Å². The first-order valence-corrected chi connectivity index (χ1v) is 16.9. The zero-order chi connectivity index (χ0) is 34.1. The summed E-state index contributed by atoms with van der Waals surface area (Å²) in [5.41, 5.74) is 3.63. The second-order valence-electron chi connectivity index (χ2n) is 11.9. The topological polar surface area (TPSA) is 110 Å². The van der Waals surface area contributed by atoms with E-state index in [1.54, 1.807) is 36.4 Å². The van der Waals surface area contributed by atoms with Crippen molar-refractivity contribution in [2.45, 2.75) is 6.23 Å². The van der Waals surface area contributed by atoms with Gasteiger partial charge in [-0.15, -0.1) is 0 Å². The largest absolute Gasteiger partial charge is 0.466 e. The maximum atomic E-state index is 15.1. The van der Waals surface area contributed by atoms with Crippen molar-refractivity contribution >= 4 is 43.5 Å². The first-order valence-electron chi connectivity index (χ1n) is 15.0. The SMILES string of the molecule is CNC(=O)c1c(-c2ccc(F)cc2)oc2cc(N(C)S(C)(=O)=O)c(-c3ccc4c(n3)-c3cc5c(F)cccc5n3C(CN(C)C)O4)cc12. The Morgan fingerprint density at radius 3 is 2.44 bits per heavy atom. The summed E-state index contributed by atoms with van der Waals surface area (Å²) in [7, 11) is 2.97. The number of benzene rings is 3. The van der Waals surface area contributed by atoms with Crippen LogP contribution in [0.1, 0.15) is 16.6 Å². The molecule has 6 aromatic rings. The number of pyridine rings is 1. The molecule has 3 aromatic carbocycles. The van der Waals surface area contributed by atoms with E-state index in [4.69, 9.17) is 14.1 Å². The maximum Gasteiger partial charge on any atom is 0.255 e. The lowest BCUT2D eigenvalue weighted by Gasteiger charge is -2.31. The summed E-state index contributed by atoms with van der Waals surface area (Å²) < 4.78 is 70.3. The van der Waals surface area contributed by atoms with Crippen molar-refractivity contribution in [3.63, 3.8) is 0 Å². The summed E-state index contributed by atoms with van der Waals surface area (Å²) in [5, 5.41) is 3.45. The number of carbonyl (C=O) groups excluding carboxylic acids is 1. The molecule has 10 nitrogen and oxygen atoms in total. The van der Waals surface area contributed by atoms with Crippen molar-refractivity contribution in [3.8, 4) is 39.7 Å². The molecular weight excluding hydrogens is 640 g/mol. The zero-order valence-electron chi connectivity index (χ0n) is 26.7. The number of anilines is 1. The number of halogens is 2. The lowest BCUT2D eigenvalue weighted by atomic mass is 10.0. The summed E-state index contributed by atoms with van der Waals surface area (Å²) in [6.45, 7) is 0.508. The predicted molar refractivity (Wildman–Crippen MR) is 181 cm³/mol. The van der Waals surface area contributed by atoms with Crippen LogP contribution >= 0.6 is 0 Å². The van der Waals surface area contributed by atoms with Gasteiger partial charge >= 0.3 is 0 Å². The fraction of sp³-hybridized carbons (Fsp3) is 0.200. The number of furan rings is 1. The molecule has 13 heteroatoms. The van der Waals surface area contributed by atoms with E-state index in [-0.39, 0.29) is 28.4 Å². The minimum Gasteiger partial charge on any atom is -0.466 e. The van der Waals surface area contributed by atoms with Crippen LogP contribution in [0.25, 0.3) is 55.8 Å². The van der Waals surface area contributed by atoms with Crippen LogP contribution in [0.3, 0.4) is 0 Å². The van der Waals surface area contributed by atoms with E-state index in [0.29, 0.717) is 56.8 Å². The van der Waals surface area contributed by atoms with Crippen molar-refractivity contribution in [1.82, 2.24) is 19.8 Å². The fourth-order valence-corrected chi connectivity index (χ4v) is 6.65. The third kappa shape index (κ3) is 5.15. The number of nitrogens with zero attached hydrogens (tertiary/aromatic N) is 4. The molecule has 0 aliphatic carbocycles. The second-order valence-corrected chi connectivity index (χ2v) is 14.0. The first-order chi connectivity index (χ1) is 22.8. The predicted octanol–water partition coefficient (Wildman–Crippen LogP) is 6.27. The van der Waals surface area contributed by atoms with Crippen LogP contribution in [0.5, 0.6) is 5.75 Å². The van der Waals surface area contributed by atoms with Crippen LogP contribution in [0.2, 0.25) is 0 Å². The van der Waals surface area contributed by atoms with Gasteiger partial charge in [0.05, 0.1) is 41.0 Å². The number of carbonyl (C=O) groups is 1. The number of sulfonamides is 1. The smallest absolute Gasteiger partial charge is 0.255 e. The van der Waals surface area contributed by atoms with E-state index in [9.17, 15) is 17.6 Å². The van der Waals surface area contributed by atoms with Crippen molar-refractivity contribution in [2.75, 3.05) is 45.3 Å². The Balaban J connectivity index is 1.49. The molecule has 0 fully saturated rings. The van der Waals surface area contributed by atoms with Crippen LogP contribution < -0.4 is 14.4 Å². The number of hydrogen-bond donors (Lipinski definition) is 1. The summed E-state index contributed by atoms with van der Waals surface area (Å²) in [6.07, 6.45) is 0.610. The molecule has 48 heavy (non-hydrogen) atoms. The molecule has 1 N–H and O–H groups in total. The molecule has 1 aliphatic heterocycles. The van der Waals surface area contributed by atoms with Crippen LogP contribution in [0.4, 0.5) is 14.5 Å². The molecule has 246 valence electrons. The van der Waals surface area contributed by atoms with Gasteiger partial charge < -0.3 is 23.9 Å². The van der Waals surface area contributed by atoms with E-state index >= 15 is 4.39 Å². The normalized spacial score (nSPS) is 14.2. The standard InChI is InChI=1S/C35H31F2N5O5S/c1-38-35(43)32-23-15-22(27(41(4)48(5,44)45)17-30(23)47-34(32)19-9-11-20(36)12-10-19)25-13-14-29-33(39-25)28-16-21-24(37)7-6-8-26(21)42(28)31(46-29)18-40(2)3/h6-17,31H,18H2,1-5H3,(H,38,43). The lowest BCUT2D eigenvalue weighted by Crippen LogP contribution is -2.31. The van der Waals surface area contributed by atoms with E-state index in [2.05, 4.69) is 5.32 Å². The number of fused-ring (bicyclic) bond motifs is 6. The van der Waals surface area contributed by atoms with Crippen molar-refractivity contribution in [1.29, 1.82) is 0 Å². The molecule has 0 spiro atoms. The van der Waals surface area contributed by atoms with E-state index in [0.717, 1.165) is 10.6 Å². The Labute approximate surface area is 275 Å². The Hall–Kier alpha value is -5.27. The highest BCUT2D eigenvalue weighted by Crippen LogP contribution is 2.45. The number of aromatic nitrogens is 2. The molecule has 1 atom stereocenters. The van der Waals surface area contributed by atoms with Gasteiger partial charge in [-0.3, -0.25) is 9.10 Å². The van der Waals surface area contributed by atoms with Crippen molar-refractivity contribution in [2.24, 2.45) is 0 Å². The molecule has 1 amide bonds. The van der Waals surface area contributed by atoms with E-state index < -0.39 is 28.0 Å². The minimum absolute atomic E-state index is 0.192. The van der Waals surface area contributed by atoms with Crippen LogP contribution in [-0.2, 0) is 10.0 Å². The molecule has 1 unspecified atom stereocenters. The van der Waals surface area contributed by atoms with E-state index in [1.807, 2.05) is 29.6 Å². The molecule has 7 rings (SSSR count). The van der Waals surface area contributed by atoms with Gasteiger partial charge in [-0.05, 0) is 74.8 Å². The number of hydrogen-bond acceptors (Lipinski definition) is 7. The van der Waals surface area contributed by atoms with Gasteiger partial charge in [0, 0.05) is 42.1 Å². The fourth-order valence-electron chi connectivity index (χ4n) is 6.14. The highest BCUT2D eigenvalue weighted by molar-refractivity contribution is 7.92. The summed E-state index contributed by atoms with van der Waals surface area (Å²) in [5.74, 6) is -0.605. The minimum atomic E-state index is -3.78. The third-order valence-electron chi connectivity index (χ3n) is 8.48. The van der Waals surface area contributed by atoms with Crippen LogP contribution in [0.15, 0.2) is 77.2 Å². The van der Waals surface area contributed by atoms with Gasteiger partial charge in [0.25, 0.3) is 5.91 Å². The number of rotatable bonds is 7. The van der Waals surface area contributed by atoms with Gasteiger partial charge in [0.2, 0.25) is 10.0 Å².